The SMILES string of the molecule is CSCCNC(C)CCBr. The molecule has 0 aliphatic rings. The van der Waals surface area contributed by atoms with Crippen LogP contribution in [0.1, 0.15) is 13.3 Å². The van der Waals surface area contributed by atoms with E-state index in [9.17, 15) is 0 Å². The zero-order valence-corrected chi connectivity index (χ0v) is 9.09. The van der Waals surface area contributed by atoms with Crippen molar-refractivity contribution in [1.29, 1.82) is 0 Å². The summed E-state index contributed by atoms with van der Waals surface area (Å²) in [5.74, 6) is 1.21. The van der Waals surface area contributed by atoms with Gasteiger partial charge in [0.1, 0.15) is 0 Å². The molecule has 0 bridgehead atoms. The topological polar surface area (TPSA) is 12.0 Å². The number of rotatable bonds is 6. The van der Waals surface area contributed by atoms with Crippen LogP contribution in [0.5, 0.6) is 0 Å². The molecule has 0 saturated heterocycles. The van der Waals surface area contributed by atoms with E-state index in [0.717, 1.165) is 11.9 Å². The van der Waals surface area contributed by atoms with Gasteiger partial charge in [-0.1, -0.05) is 15.9 Å². The Labute approximate surface area is 76.5 Å². The lowest BCUT2D eigenvalue weighted by Crippen LogP contribution is -2.28. The van der Waals surface area contributed by atoms with E-state index in [1.807, 2.05) is 11.8 Å². The summed E-state index contributed by atoms with van der Waals surface area (Å²) in [5, 5.41) is 4.53. The summed E-state index contributed by atoms with van der Waals surface area (Å²) in [6.07, 6.45) is 3.35. The van der Waals surface area contributed by atoms with E-state index in [0.29, 0.717) is 6.04 Å². The lowest BCUT2D eigenvalue weighted by Gasteiger charge is -2.10. The van der Waals surface area contributed by atoms with Gasteiger partial charge in [-0.05, 0) is 19.6 Å². The molecule has 1 atom stereocenters. The predicted molar refractivity (Wildman–Crippen MR) is 54.3 cm³/mol. The molecule has 3 heteroatoms. The number of alkyl halides is 1. The summed E-state index contributed by atoms with van der Waals surface area (Å²) in [6.45, 7) is 3.36. The molecule has 0 radical (unpaired) electrons. The molecule has 0 aromatic rings. The molecule has 0 aliphatic heterocycles. The van der Waals surface area contributed by atoms with Gasteiger partial charge in [-0.2, -0.15) is 11.8 Å². The third-order valence-electron chi connectivity index (χ3n) is 1.34. The van der Waals surface area contributed by atoms with Crippen molar-refractivity contribution in [1.82, 2.24) is 5.32 Å². The molecule has 0 amide bonds. The van der Waals surface area contributed by atoms with Gasteiger partial charge in [-0.25, -0.2) is 0 Å². The Morgan fingerprint density at radius 3 is 2.80 bits per heavy atom. The largest absolute Gasteiger partial charge is 0.313 e. The van der Waals surface area contributed by atoms with Gasteiger partial charge in [0.05, 0.1) is 0 Å². The average Bonchev–Trinajstić information content (AvgIpc) is 1.89. The first-order valence-corrected chi connectivity index (χ1v) is 6.11. The van der Waals surface area contributed by atoms with Crippen molar-refractivity contribution < 1.29 is 0 Å². The summed E-state index contributed by atoms with van der Waals surface area (Å²) in [7, 11) is 0. The van der Waals surface area contributed by atoms with E-state index >= 15 is 0 Å². The smallest absolute Gasteiger partial charge is 0.00554 e. The van der Waals surface area contributed by atoms with Gasteiger partial charge in [0, 0.05) is 23.7 Å². The molecule has 0 fully saturated rings. The highest BCUT2D eigenvalue weighted by Crippen LogP contribution is 1.95. The van der Waals surface area contributed by atoms with Gasteiger partial charge in [-0.3, -0.25) is 0 Å². The standard InChI is InChI=1S/C7H16BrNS/c1-7(3-4-8)9-5-6-10-2/h7,9H,3-6H2,1-2H3. The minimum absolute atomic E-state index is 0.659. The average molecular weight is 226 g/mol. The fourth-order valence-electron chi connectivity index (χ4n) is 0.673. The Morgan fingerprint density at radius 2 is 2.30 bits per heavy atom. The first kappa shape index (κ1) is 10.8. The minimum atomic E-state index is 0.659. The van der Waals surface area contributed by atoms with E-state index < -0.39 is 0 Å². The lowest BCUT2D eigenvalue weighted by atomic mass is 10.3. The summed E-state index contributed by atoms with van der Waals surface area (Å²) in [6, 6.07) is 0.659. The molecular weight excluding hydrogens is 210 g/mol. The number of hydrogen-bond acceptors (Lipinski definition) is 2. The van der Waals surface area contributed by atoms with Crippen LogP contribution in [0.15, 0.2) is 0 Å². The molecule has 0 spiro atoms. The summed E-state index contributed by atoms with van der Waals surface area (Å²) >= 11 is 5.30. The molecule has 1 N–H and O–H groups in total. The predicted octanol–water partition coefficient (Wildman–Crippen LogP) is 2.11. The minimum Gasteiger partial charge on any atom is -0.313 e. The van der Waals surface area contributed by atoms with Gasteiger partial charge >= 0.3 is 0 Å². The second-order valence-electron chi connectivity index (χ2n) is 2.33. The monoisotopic (exact) mass is 225 g/mol. The maximum atomic E-state index is 3.43. The summed E-state index contributed by atoms with van der Waals surface area (Å²) in [4.78, 5) is 0. The van der Waals surface area contributed by atoms with Crippen molar-refractivity contribution in [3.05, 3.63) is 0 Å². The third-order valence-corrected chi connectivity index (χ3v) is 2.41. The second-order valence-corrected chi connectivity index (χ2v) is 4.10. The van der Waals surface area contributed by atoms with E-state index in [4.69, 9.17) is 0 Å². The van der Waals surface area contributed by atoms with E-state index in [1.54, 1.807) is 0 Å². The van der Waals surface area contributed by atoms with Gasteiger partial charge in [0.15, 0.2) is 0 Å². The van der Waals surface area contributed by atoms with Crippen LogP contribution in [0.2, 0.25) is 0 Å². The highest BCUT2D eigenvalue weighted by atomic mass is 79.9. The van der Waals surface area contributed by atoms with Gasteiger partial charge in [0.25, 0.3) is 0 Å². The van der Waals surface area contributed by atoms with Gasteiger partial charge in [-0.15, -0.1) is 0 Å². The van der Waals surface area contributed by atoms with Crippen LogP contribution >= 0.6 is 27.7 Å². The van der Waals surface area contributed by atoms with Crippen LogP contribution in [-0.2, 0) is 0 Å². The highest BCUT2D eigenvalue weighted by molar-refractivity contribution is 9.09. The number of hydrogen-bond donors (Lipinski definition) is 1. The number of nitrogens with one attached hydrogen (secondary N) is 1. The summed E-state index contributed by atoms with van der Waals surface area (Å²) in [5.41, 5.74) is 0. The van der Waals surface area contributed by atoms with E-state index in [2.05, 4.69) is 34.4 Å². The molecule has 0 heterocycles. The Hall–Kier alpha value is 0.790. The Balaban J connectivity index is 2.97. The first-order chi connectivity index (χ1) is 4.81. The second kappa shape index (κ2) is 7.89. The van der Waals surface area contributed by atoms with E-state index in [1.165, 1.54) is 12.2 Å². The van der Waals surface area contributed by atoms with Crippen molar-refractivity contribution in [2.45, 2.75) is 19.4 Å². The van der Waals surface area contributed by atoms with Gasteiger partial charge in [0.2, 0.25) is 0 Å². The van der Waals surface area contributed by atoms with Crippen LogP contribution in [0, 0.1) is 0 Å². The van der Waals surface area contributed by atoms with Gasteiger partial charge < -0.3 is 5.32 Å². The molecule has 10 heavy (non-hydrogen) atoms. The van der Waals surface area contributed by atoms with Crippen LogP contribution in [0.25, 0.3) is 0 Å². The normalized spacial score (nSPS) is 13.5. The van der Waals surface area contributed by atoms with Crippen molar-refractivity contribution in [3.63, 3.8) is 0 Å². The molecule has 0 aliphatic carbocycles. The summed E-state index contributed by atoms with van der Waals surface area (Å²) < 4.78 is 0. The molecule has 0 saturated carbocycles. The van der Waals surface area contributed by atoms with E-state index in [-0.39, 0.29) is 0 Å². The third kappa shape index (κ3) is 6.90. The fraction of sp³-hybridized carbons (Fsp3) is 1.00. The molecule has 0 rings (SSSR count). The highest BCUT2D eigenvalue weighted by Gasteiger charge is 1.96. The zero-order valence-electron chi connectivity index (χ0n) is 6.69. The Morgan fingerprint density at radius 1 is 1.60 bits per heavy atom. The molecule has 1 nitrogen and oxygen atoms in total. The van der Waals surface area contributed by atoms with Crippen molar-refractivity contribution in [2.75, 3.05) is 23.9 Å². The molecule has 0 aromatic heterocycles. The van der Waals surface area contributed by atoms with Crippen molar-refractivity contribution >= 4 is 27.7 Å². The quantitative estimate of drug-likeness (QED) is 0.550. The molecule has 1 unspecified atom stereocenters. The van der Waals surface area contributed by atoms with Crippen molar-refractivity contribution in [2.24, 2.45) is 0 Å². The van der Waals surface area contributed by atoms with Crippen molar-refractivity contribution in [3.8, 4) is 0 Å². The van der Waals surface area contributed by atoms with Crippen LogP contribution in [0.3, 0.4) is 0 Å². The maximum absolute atomic E-state index is 3.43. The Bertz CT molecular complexity index is 70.6. The number of halogens is 1. The maximum Gasteiger partial charge on any atom is 0.00554 e. The van der Waals surface area contributed by atoms with Crippen LogP contribution in [0.4, 0.5) is 0 Å². The molecule has 0 aromatic carbocycles. The molecule has 62 valence electrons. The number of thioether (sulfide) groups is 1. The zero-order chi connectivity index (χ0) is 7.82. The fourth-order valence-corrected chi connectivity index (χ4v) is 1.68. The molecular formula is C7H16BrNS. The Kier molecular flexibility index (Phi) is 8.52. The lowest BCUT2D eigenvalue weighted by molar-refractivity contribution is 0.560. The first-order valence-electron chi connectivity index (χ1n) is 3.59. The van der Waals surface area contributed by atoms with Crippen LogP contribution in [-0.4, -0.2) is 29.9 Å². The van der Waals surface area contributed by atoms with Crippen LogP contribution < -0.4 is 5.32 Å².